The van der Waals surface area contributed by atoms with Crippen molar-refractivity contribution in [1.29, 1.82) is 0 Å². The zero-order valence-electron chi connectivity index (χ0n) is 15.1. The zero-order valence-corrected chi connectivity index (χ0v) is 15.1. The lowest BCUT2D eigenvalue weighted by atomic mass is 9.87. The normalized spacial score (nSPS) is 12.3. The molecule has 0 heterocycles. The lowest BCUT2D eigenvalue weighted by Crippen LogP contribution is -2.22. The molecular weight excluding hydrogens is 316 g/mol. The van der Waals surface area contributed by atoms with Crippen molar-refractivity contribution >= 4 is 11.9 Å². The van der Waals surface area contributed by atoms with Crippen LogP contribution in [0.2, 0.25) is 0 Å². The van der Waals surface area contributed by atoms with Gasteiger partial charge in [0.2, 0.25) is 6.10 Å². The van der Waals surface area contributed by atoms with Crippen LogP contribution in [0.15, 0.2) is 54.6 Å². The van der Waals surface area contributed by atoms with E-state index in [-0.39, 0.29) is 12.0 Å². The van der Waals surface area contributed by atoms with Crippen molar-refractivity contribution in [2.24, 2.45) is 0 Å². The maximum atomic E-state index is 12.5. The fourth-order valence-electron chi connectivity index (χ4n) is 2.38. The Hall–Kier alpha value is -2.62. The Balaban J connectivity index is 2.20. The predicted octanol–water partition coefficient (Wildman–Crippen LogP) is 4.45. The van der Waals surface area contributed by atoms with Crippen LogP contribution >= 0.6 is 0 Å². The van der Waals surface area contributed by atoms with Crippen molar-refractivity contribution in [3.63, 3.8) is 0 Å². The summed E-state index contributed by atoms with van der Waals surface area (Å²) in [5.74, 6) is -1.13. The highest BCUT2D eigenvalue weighted by molar-refractivity contribution is 5.91. The molecule has 2 aromatic carbocycles. The van der Waals surface area contributed by atoms with Crippen molar-refractivity contribution in [3.05, 3.63) is 71.3 Å². The molecule has 1 unspecified atom stereocenters. The number of carbonyl (C=O) groups is 2. The molecule has 0 saturated carbocycles. The molecule has 0 aliphatic heterocycles. The van der Waals surface area contributed by atoms with E-state index in [0.29, 0.717) is 11.1 Å². The third-order valence-electron chi connectivity index (χ3n) is 3.81. The molecule has 2 aromatic rings. The largest absolute Gasteiger partial charge is 0.463 e. The SMILES string of the molecule is CCOC(=O)C(OC(=O)c1ccc(C(C)(C)C)cc1)c1ccccc1. The number of hydrogen-bond acceptors (Lipinski definition) is 4. The van der Waals surface area contributed by atoms with Crippen molar-refractivity contribution in [2.45, 2.75) is 39.2 Å². The van der Waals surface area contributed by atoms with Crippen LogP contribution in [0.1, 0.15) is 55.3 Å². The third kappa shape index (κ3) is 4.92. The second kappa shape index (κ2) is 7.97. The van der Waals surface area contributed by atoms with Gasteiger partial charge in [0.15, 0.2) is 0 Å². The van der Waals surface area contributed by atoms with Crippen LogP contribution in [0.4, 0.5) is 0 Å². The van der Waals surface area contributed by atoms with Gasteiger partial charge in [-0.15, -0.1) is 0 Å². The molecule has 4 nitrogen and oxygen atoms in total. The molecule has 0 aliphatic carbocycles. The van der Waals surface area contributed by atoms with Crippen molar-refractivity contribution < 1.29 is 19.1 Å². The van der Waals surface area contributed by atoms with E-state index in [0.717, 1.165) is 5.56 Å². The van der Waals surface area contributed by atoms with Gasteiger partial charge in [0.25, 0.3) is 0 Å². The molecule has 0 spiro atoms. The van der Waals surface area contributed by atoms with Crippen molar-refractivity contribution in [2.75, 3.05) is 6.61 Å². The van der Waals surface area contributed by atoms with E-state index >= 15 is 0 Å². The fourth-order valence-corrected chi connectivity index (χ4v) is 2.38. The minimum absolute atomic E-state index is 0.0000590. The summed E-state index contributed by atoms with van der Waals surface area (Å²) in [5, 5.41) is 0. The number of benzene rings is 2. The minimum atomic E-state index is -1.07. The molecule has 0 aromatic heterocycles. The van der Waals surface area contributed by atoms with Gasteiger partial charge in [-0.25, -0.2) is 9.59 Å². The van der Waals surface area contributed by atoms with E-state index in [1.165, 1.54) is 0 Å². The average Bonchev–Trinajstić information content (AvgIpc) is 2.59. The van der Waals surface area contributed by atoms with Gasteiger partial charge in [0, 0.05) is 5.56 Å². The van der Waals surface area contributed by atoms with Gasteiger partial charge in [-0.3, -0.25) is 0 Å². The molecular formula is C21H24O4. The summed E-state index contributed by atoms with van der Waals surface area (Å²) >= 11 is 0. The van der Waals surface area contributed by atoms with E-state index in [4.69, 9.17) is 9.47 Å². The van der Waals surface area contributed by atoms with Gasteiger partial charge in [0.1, 0.15) is 0 Å². The van der Waals surface area contributed by atoms with Gasteiger partial charge in [0.05, 0.1) is 12.2 Å². The molecule has 25 heavy (non-hydrogen) atoms. The highest BCUT2D eigenvalue weighted by Gasteiger charge is 2.27. The molecule has 0 fully saturated rings. The standard InChI is InChI=1S/C21H24O4/c1-5-24-20(23)18(15-9-7-6-8-10-15)25-19(22)16-11-13-17(14-12-16)21(2,3)4/h6-14,18H,5H2,1-4H3. The Morgan fingerprint density at radius 2 is 1.56 bits per heavy atom. The molecule has 1 atom stereocenters. The Labute approximate surface area is 148 Å². The first-order chi connectivity index (χ1) is 11.8. The third-order valence-corrected chi connectivity index (χ3v) is 3.81. The van der Waals surface area contributed by atoms with Crippen LogP contribution in [0.25, 0.3) is 0 Å². The first-order valence-corrected chi connectivity index (χ1v) is 8.36. The first-order valence-electron chi connectivity index (χ1n) is 8.36. The number of esters is 2. The van der Waals surface area contributed by atoms with Gasteiger partial charge in [-0.1, -0.05) is 63.2 Å². The van der Waals surface area contributed by atoms with Crippen LogP contribution in [-0.4, -0.2) is 18.5 Å². The van der Waals surface area contributed by atoms with Gasteiger partial charge >= 0.3 is 11.9 Å². The van der Waals surface area contributed by atoms with E-state index in [9.17, 15) is 9.59 Å². The highest BCUT2D eigenvalue weighted by atomic mass is 16.6. The zero-order chi connectivity index (χ0) is 18.4. The quantitative estimate of drug-likeness (QED) is 0.755. The van der Waals surface area contributed by atoms with Gasteiger partial charge in [-0.2, -0.15) is 0 Å². The lowest BCUT2D eigenvalue weighted by Gasteiger charge is -2.20. The van der Waals surface area contributed by atoms with E-state index in [2.05, 4.69) is 20.8 Å². The number of ether oxygens (including phenoxy) is 2. The summed E-state index contributed by atoms with van der Waals surface area (Å²) in [4.78, 5) is 24.7. The molecule has 4 heteroatoms. The van der Waals surface area contributed by atoms with Crippen molar-refractivity contribution in [3.8, 4) is 0 Å². The smallest absolute Gasteiger partial charge is 0.352 e. The van der Waals surface area contributed by atoms with Crippen LogP contribution in [0.5, 0.6) is 0 Å². The van der Waals surface area contributed by atoms with Gasteiger partial charge < -0.3 is 9.47 Å². The second-order valence-electron chi connectivity index (χ2n) is 6.78. The summed E-state index contributed by atoms with van der Waals surface area (Å²) in [6, 6.07) is 16.1. The summed E-state index contributed by atoms with van der Waals surface area (Å²) in [6.07, 6.45) is -1.07. The molecule has 2 rings (SSSR count). The van der Waals surface area contributed by atoms with E-state index in [1.54, 1.807) is 43.3 Å². The molecule has 0 saturated heterocycles. The molecule has 0 radical (unpaired) electrons. The monoisotopic (exact) mass is 340 g/mol. The number of rotatable bonds is 5. The number of hydrogen-bond donors (Lipinski definition) is 0. The predicted molar refractivity (Wildman–Crippen MR) is 96.4 cm³/mol. The summed E-state index contributed by atoms with van der Waals surface area (Å²) in [7, 11) is 0. The maximum absolute atomic E-state index is 12.5. The van der Waals surface area contributed by atoms with Crippen molar-refractivity contribution in [1.82, 2.24) is 0 Å². The summed E-state index contributed by atoms with van der Waals surface area (Å²) < 4.78 is 10.5. The Kier molecular flexibility index (Phi) is 5.97. The highest BCUT2D eigenvalue weighted by Crippen LogP contribution is 2.24. The van der Waals surface area contributed by atoms with E-state index in [1.807, 2.05) is 18.2 Å². The molecule has 0 aliphatic rings. The van der Waals surface area contributed by atoms with Crippen LogP contribution in [0, 0.1) is 0 Å². The first kappa shape index (κ1) is 18.7. The molecule has 132 valence electrons. The summed E-state index contributed by atoms with van der Waals surface area (Å²) in [6.45, 7) is 8.25. The maximum Gasteiger partial charge on any atom is 0.352 e. The average molecular weight is 340 g/mol. The number of carbonyl (C=O) groups excluding carboxylic acids is 2. The lowest BCUT2D eigenvalue weighted by molar-refractivity contribution is -0.153. The Morgan fingerprint density at radius 3 is 2.08 bits per heavy atom. The molecule has 0 amide bonds. The minimum Gasteiger partial charge on any atom is -0.463 e. The topological polar surface area (TPSA) is 52.6 Å². The molecule has 0 bridgehead atoms. The fraction of sp³-hybridized carbons (Fsp3) is 0.333. The van der Waals surface area contributed by atoms with Crippen LogP contribution in [0.3, 0.4) is 0 Å². The molecule has 0 N–H and O–H groups in total. The van der Waals surface area contributed by atoms with E-state index < -0.39 is 18.0 Å². The Bertz CT molecular complexity index is 712. The van der Waals surface area contributed by atoms with Gasteiger partial charge in [-0.05, 0) is 30.0 Å². The second-order valence-corrected chi connectivity index (χ2v) is 6.78. The van der Waals surface area contributed by atoms with Crippen LogP contribution < -0.4 is 0 Å². The van der Waals surface area contributed by atoms with Crippen LogP contribution in [-0.2, 0) is 19.7 Å². The Morgan fingerprint density at radius 1 is 0.960 bits per heavy atom. The summed E-state index contributed by atoms with van der Waals surface area (Å²) in [5.41, 5.74) is 2.10.